The van der Waals surface area contributed by atoms with Crippen molar-refractivity contribution in [2.75, 3.05) is 18.9 Å². The molecule has 2 heterocycles. The minimum Gasteiger partial charge on any atom is -0.451 e. The lowest BCUT2D eigenvalue weighted by atomic mass is 10.2. The number of aromatic amines is 1. The maximum Gasteiger partial charge on any atom is 0.355 e. The molecule has 7 heteroatoms. The summed E-state index contributed by atoms with van der Waals surface area (Å²) in [5, 5.41) is 5.74. The highest BCUT2D eigenvalue weighted by atomic mass is 32.2. The quantitative estimate of drug-likeness (QED) is 0.468. The summed E-state index contributed by atoms with van der Waals surface area (Å²) in [7, 11) is 0. The average molecular weight is 374 g/mol. The average Bonchev–Trinajstić information content (AvgIpc) is 3.28. The van der Waals surface area contributed by atoms with E-state index < -0.39 is 5.97 Å². The number of benzene rings is 1. The first kappa shape index (κ1) is 17.6. The number of fused-ring (bicyclic) bond motifs is 1. The maximum atomic E-state index is 12.0. The Morgan fingerprint density at radius 3 is 2.88 bits per heavy atom. The number of hydrogen-bond acceptors (Lipinski definition) is 5. The molecule has 1 amide bonds. The van der Waals surface area contributed by atoms with Gasteiger partial charge in [-0.05, 0) is 23.6 Å². The van der Waals surface area contributed by atoms with E-state index in [1.54, 1.807) is 29.2 Å². The van der Waals surface area contributed by atoms with Crippen molar-refractivity contribution in [3.05, 3.63) is 58.4 Å². The van der Waals surface area contributed by atoms with Crippen molar-refractivity contribution in [3.63, 3.8) is 0 Å². The van der Waals surface area contributed by atoms with Gasteiger partial charge in [-0.3, -0.25) is 4.79 Å². The summed E-state index contributed by atoms with van der Waals surface area (Å²) in [4.78, 5) is 28.0. The van der Waals surface area contributed by atoms with Gasteiger partial charge < -0.3 is 15.0 Å². The third kappa shape index (κ3) is 5.11. The van der Waals surface area contributed by atoms with Crippen LogP contribution in [0.5, 0.6) is 0 Å². The van der Waals surface area contributed by atoms with Crippen LogP contribution in [-0.2, 0) is 15.3 Å². The maximum absolute atomic E-state index is 12.0. The van der Waals surface area contributed by atoms with Gasteiger partial charge in [0.25, 0.3) is 5.91 Å². The predicted octanol–water partition coefficient (Wildman–Crippen LogP) is 3.44. The summed E-state index contributed by atoms with van der Waals surface area (Å²) in [5.74, 6) is 0.947. The first-order valence-corrected chi connectivity index (χ1v) is 9.87. The fraction of sp³-hybridized carbons (Fsp3) is 0.222. The third-order valence-corrected chi connectivity index (χ3v) is 5.54. The zero-order valence-corrected chi connectivity index (χ0v) is 15.1. The molecule has 1 aromatic carbocycles. The standard InChI is InChI=1S/C18H18N2O3S2/c21-17(19-7-9-24-12-14-5-3-8-25-14)11-23-18(22)16-10-13-4-1-2-6-15(13)20-16/h1-6,8,10,20H,7,9,11-12H2,(H,19,21). The lowest BCUT2D eigenvalue weighted by Gasteiger charge is -2.05. The predicted molar refractivity (Wildman–Crippen MR) is 102 cm³/mol. The van der Waals surface area contributed by atoms with E-state index in [1.807, 2.05) is 30.3 Å². The van der Waals surface area contributed by atoms with Crippen LogP contribution in [0.15, 0.2) is 47.8 Å². The van der Waals surface area contributed by atoms with E-state index in [4.69, 9.17) is 4.74 Å². The van der Waals surface area contributed by atoms with E-state index in [1.165, 1.54) is 4.88 Å². The minimum absolute atomic E-state index is 0.274. The van der Waals surface area contributed by atoms with Crippen LogP contribution in [-0.4, -0.2) is 35.8 Å². The summed E-state index contributed by atoms with van der Waals surface area (Å²) in [6, 6.07) is 13.4. The number of esters is 1. The van der Waals surface area contributed by atoms with Crippen LogP contribution in [0.25, 0.3) is 10.9 Å². The van der Waals surface area contributed by atoms with Crippen LogP contribution in [0, 0.1) is 0 Å². The molecule has 0 spiro atoms. The number of nitrogens with one attached hydrogen (secondary N) is 2. The smallest absolute Gasteiger partial charge is 0.355 e. The summed E-state index contributed by atoms with van der Waals surface area (Å²) in [6.45, 7) is 0.280. The van der Waals surface area contributed by atoms with Gasteiger partial charge in [-0.2, -0.15) is 11.8 Å². The van der Waals surface area contributed by atoms with Gasteiger partial charge in [-0.15, -0.1) is 11.3 Å². The molecule has 0 saturated carbocycles. The largest absolute Gasteiger partial charge is 0.451 e. The van der Waals surface area contributed by atoms with Crippen molar-refractivity contribution >= 4 is 45.9 Å². The molecule has 0 radical (unpaired) electrons. The molecule has 0 saturated heterocycles. The Morgan fingerprint density at radius 2 is 2.08 bits per heavy atom. The molecular weight excluding hydrogens is 356 g/mol. The molecule has 0 unspecified atom stereocenters. The number of amides is 1. The number of H-pyrrole nitrogens is 1. The fourth-order valence-electron chi connectivity index (χ4n) is 2.27. The van der Waals surface area contributed by atoms with Crippen LogP contribution in [0.2, 0.25) is 0 Å². The van der Waals surface area contributed by atoms with E-state index in [2.05, 4.69) is 21.7 Å². The van der Waals surface area contributed by atoms with Gasteiger partial charge in [0.05, 0.1) is 0 Å². The zero-order chi connectivity index (χ0) is 17.5. The lowest BCUT2D eigenvalue weighted by molar-refractivity contribution is -0.124. The molecule has 3 aromatic rings. The van der Waals surface area contributed by atoms with Crippen molar-refractivity contribution in [3.8, 4) is 0 Å². The second-order valence-corrected chi connectivity index (χ2v) is 7.47. The summed E-state index contributed by atoms with van der Waals surface area (Å²) in [6.07, 6.45) is 0. The molecule has 0 aliphatic rings. The normalized spacial score (nSPS) is 10.7. The van der Waals surface area contributed by atoms with Crippen LogP contribution >= 0.6 is 23.1 Å². The highest BCUT2D eigenvalue weighted by molar-refractivity contribution is 7.98. The number of rotatable bonds is 8. The number of thioether (sulfide) groups is 1. The number of para-hydroxylation sites is 1. The Hall–Kier alpha value is -2.25. The van der Waals surface area contributed by atoms with Crippen LogP contribution in [0.1, 0.15) is 15.4 Å². The van der Waals surface area contributed by atoms with Gasteiger partial charge in [0, 0.05) is 33.8 Å². The zero-order valence-electron chi connectivity index (χ0n) is 13.5. The van der Waals surface area contributed by atoms with Crippen LogP contribution < -0.4 is 5.32 Å². The SMILES string of the molecule is O=C(COC(=O)c1cc2ccccc2[nH]1)NCCSCc1cccs1. The Kier molecular flexibility index (Phi) is 6.14. The van der Waals surface area contributed by atoms with Crippen LogP contribution in [0.4, 0.5) is 0 Å². The lowest BCUT2D eigenvalue weighted by Crippen LogP contribution is -2.30. The highest BCUT2D eigenvalue weighted by Gasteiger charge is 2.12. The highest BCUT2D eigenvalue weighted by Crippen LogP contribution is 2.16. The Morgan fingerprint density at radius 1 is 1.20 bits per heavy atom. The molecule has 0 fully saturated rings. The fourth-order valence-corrected chi connectivity index (χ4v) is 3.97. The van der Waals surface area contributed by atoms with E-state index >= 15 is 0 Å². The number of carbonyl (C=O) groups is 2. The summed E-state index contributed by atoms with van der Waals surface area (Å²) < 4.78 is 5.05. The van der Waals surface area contributed by atoms with E-state index in [0.717, 1.165) is 22.4 Å². The van der Waals surface area contributed by atoms with Gasteiger partial charge in [0.15, 0.2) is 6.61 Å². The van der Waals surface area contributed by atoms with Gasteiger partial charge in [-0.25, -0.2) is 4.79 Å². The van der Waals surface area contributed by atoms with Crippen molar-refractivity contribution in [1.29, 1.82) is 0 Å². The summed E-state index contributed by atoms with van der Waals surface area (Å²) in [5.41, 5.74) is 1.21. The number of aromatic nitrogens is 1. The number of carbonyl (C=O) groups excluding carboxylic acids is 2. The van der Waals surface area contributed by atoms with E-state index in [9.17, 15) is 9.59 Å². The minimum atomic E-state index is -0.529. The molecule has 0 aliphatic heterocycles. The first-order chi connectivity index (χ1) is 12.2. The molecule has 25 heavy (non-hydrogen) atoms. The van der Waals surface area contributed by atoms with Gasteiger partial charge in [-0.1, -0.05) is 24.3 Å². The molecule has 0 aliphatic carbocycles. The second kappa shape index (κ2) is 8.73. The number of thiophene rings is 1. The Labute approximate surface area is 153 Å². The molecule has 0 bridgehead atoms. The van der Waals surface area contributed by atoms with E-state index in [-0.39, 0.29) is 12.5 Å². The van der Waals surface area contributed by atoms with Crippen molar-refractivity contribution in [2.45, 2.75) is 5.75 Å². The van der Waals surface area contributed by atoms with Crippen molar-refractivity contribution < 1.29 is 14.3 Å². The second-order valence-electron chi connectivity index (χ2n) is 5.33. The molecule has 2 N–H and O–H groups in total. The van der Waals surface area contributed by atoms with Gasteiger partial charge in [0.1, 0.15) is 5.69 Å². The Bertz CT molecular complexity index is 810. The molecule has 0 atom stereocenters. The first-order valence-electron chi connectivity index (χ1n) is 7.84. The number of hydrogen-bond donors (Lipinski definition) is 2. The van der Waals surface area contributed by atoms with Crippen LogP contribution in [0.3, 0.4) is 0 Å². The van der Waals surface area contributed by atoms with Gasteiger partial charge in [0.2, 0.25) is 0 Å². The Balaban J connectivity index is 1.34. The van der Waals surface area contributed by atoms with Crippen molar-refractivity contribution in [2.24, 2.45) is 0 Å². The molecule has 130 valence electrons. The topological polar surface area (TPSA) is 71.2 Å². The monoisotopic (exact) mass is 374 g/mol. The summed E-state index contributed by atoms with van der Waals surface area (Å²) >= 11 is 3.49. The molecule has 2 aromatic heterocycles. The third-order valence-electron chi connectivity index (χ3n) is 3.48. The van der Waals surface area contributed by atoms with Crippen molar-refractivity contribution in [1.82, 2.24) is 10.3 Å². The molecule has 5 nitrogen and oxygen atoms in total. The molecular formula is C18H18N2O3S2. The van der Waals surface area contributed by atoms with E-state index in [0.29, 0.717) is 12.2 Å². The number of ether oxygens (including phenoxy) is 1. The molecule has 3 rings (SSSR count). The van der Waals surface area contributed by atoms with Gasteiger partial charge >= 0.3 is 5.97 Å².